The molecule has 3 aromatic rings. The second-order valence-electron chi connectivity index (χ2n) is 7.03. The first-order valence-corrected chi connectivity index (χ1v) is 9.66. The van der Waals surface area contributed by atoms with Crippen LogP contribution in [0.3, 0.4) is 0 Å². The van der Waals surface area contributed by atoms with Crippen LogP contribution in [0.5, 0.6) is 5.75 Å². The van der Waals surface area contributed by atoms with Crippen LogP contribution in [-0.2, 0) is 24.2 Å². The number of methoxy groups -OCH3 is 1. The van der Waals surface area contributed by atoms with Crippen molar-refractivity contribution in [2.24, 2.45) is 0 Å². The van der Waals surface area contributed by atoms with Crippen LogP contribution >= 0.6 is 0 Å². The van der Waals surface area contributed by atoms with E-state index in [0.717, 1.165) is 28.9 Å². The van der Waals surface area contributed by atoms with Gasteiger partial charge in [0, 0.05) is 12.6 Å². The summed E-state index contributed by atoms with van der Waals surface area (Å²) in [7, 11) is 1.69. The van der Waals surface area contributed by atoms with Crippen molar-refractivity contribution in [2.75, 3.05) is 7.11 Å². The topological polar surface area (TPSA) is 29.5 Å². The average molecular weight is 373 g/mol. The molecule has 0 aliphatic heterocycles. The summed E-state index contributed by atoms with van der Waals surface area (Å²) in [4.78, 5) is 15.2. The summed E-state index contributed by atoms with van der Waals surface area (Å²) in [5, 5.41) is 0. The van der Waals surface area contributed by atoms with Crippen LogP contribution in [0.1, 0.15) is 23.6 Å². The highest BCUT2D eigenvalue weighted by molar-refractivity contribution is 5.79. The van der Waals surface area contributed by atoms with Gasteiger partial charge in [-0.25, -0.2) is 0 Å². The Balaban J connectivity index is 1.81. The van der Waals surface area contributed by atoms with E-state index in [1.807, 2.05) is 71.6 Å². The number of nitrogens with zero attached hydrogens (tertiary/aromatic N) is 1. The van der Waals surface area contributed by atoms with E-state index in [1.165, 1.54) is 0 Å². The minimum absolute atomic E-state index is 0.0488. The van der Waals surface area contributed by atoms with Crippen LogP contribution < -0.4 is 4.74 Å². The smallest absolute Gasteiger partial charge is 0.227 e. The largest absolute Gasteiger partial charge is 0.496 e. The molecule has 144 valence electrons. The second kappa shape index (κ2) is 9.75. The van der Waals surface area contributed by atoms with Crippen molar-refractivity contribution in [3.63, 3.8) is 0 Å². The third-order valence-corrected chi connectivity index (χ3v) is 4.95. The van der Waals surface area contributed by atoms with Crippen molar-refractivity contribution < 1.29 is 9.53 Å². The normalized spacial score (nSPS) is 11.6. The van der Waals surface area contributed by atoms with Gasteiger partial charge >= 0.3 is 0 Å². The standard InChI is InChI=1S/C25H27NO2/c1-20(17-23-15-9-10-16-24(23)28-2)26(19-22-13-7-4-8-14-22)25(27)18-21-11-5-3-6-12-21/h3-16,20H,17-19H2,1-2H3. The molecule has 0 aromatic heterocycles. The summed E-state index contributed by atoms with van der Waals surface area (Å²) in [5.74, 6) is 1.00. The summed E-state index contributed by atoms with van der Waals surface area (Å²) < 4.78 is 5.50. The lowest BCUT2D eigenvalue weighted by atomic mass is 10.0. The molecule has 0 N–H and O–H groups in total. The summed E-state index contributed by atoms with van der Waals surface area (Å²) in [6.45, 7) is 2.71. The molecule has 0 aliphatic carbocycles. The van der Waals surface area contributed by atoms with Crippen LogP contribution in [-0.4, -0.2) is 24.0 Å². The Morgan fingerprint density at radius 1 is 0.857 bits per heavy atom. The summed E-state index contributed by atoms with van der Waals surface area (Å²) in [6, 6.07) is 28.2. The highest BCUT2D eigenvalue weighted by Crippen LogP contribution is 2.22. The molecule has 0 fully saturated rings. The number of amides is 1. The molecule has 0 saturated heterocycles. The van der Waals surface area contributed by atoms with Gasteiger partial charge in [-0.15, -0.1) is 0 Å². The number of para-hydroxylation sites is 1. The summed E-state index contributed by atoms with van der Waals surface area (Å²) in [5.41, 5.74) is 3.29. The maximum Gasteiger partial charge on any atom is 0.227 e. The van der Waals surface area contributed by atoms with Crippen molar-refractivity contribution in [2.45, 2.75) is 32.4 Å². The summed E-state index contributed by atoms with van der Waals surface area (Å²) in [6.07, 6.45) is 1.15. The van der Waals surface area contributed by atoms with Gasteiger partial charge in [-0.2, -0.15) is 0 Å². The third kappa shape index (κ3) is 5.23. The third-order valence-electron chi connectivity index (χ3n) is 4.95. The van der Waals surface area contributed by atoms with Crippen molar-refractivity contribution in [1.82, 2.24) is 4.90 Å². The Hall–Kier alpha value is -3.07. The van der Waals surface area contributed by atoms with Crippen molar-refractivity contribution in [3.8, 4) is 5.75 Å². The molecule has 0 radical (unpaired) electrons. The number of hydrogen-bond acceptors (Lipinski definition) is 2. The predicted molar refractivity (Wildman–Crippen MR) is 113 cm³/mol. The van der Waals surface area contributed by atoms with Gasteiger partial charge in [0.05, 0.1) is 13.5 Å². The van der Waals surface area contributed by atoms with Gasteiger partial charge in [-0.05, 0) is 36.1 Å². The fraction of sp³-hybridized carbons (Fsp3) is 0.240. The molecular weight excluding hydrogens is 346 g/mol. The lowest BCUT2D eigenvalue weighted by Crippen LogP contribution is -2.40. The Kier molecular flexibility index (Phi) is 6.85. The van der Waals surface area contributed by atoms with Gasteiger partial charge in [-0.3, -0.25) is 4.79 Å². The maximum absolute atomic E-state index is 13.2. The zero-order valence-electron chi connectivity index (χ0n) is 16.5. The van der Waals surface area contributed by atoms with Crippen molar-refractivity contribution in [1.29, 1.82) is 0 Å². The molecule has 1 atom stereocenters. The van der Waals surface area contributed by atoms with E-state index in [1.54, 1.807) is 7.11 Å². The van der Waals surface area contributed by atoms with Gasteiger partial charge in [0.15, 0.2) is 0 Å². The Bertz CT molecular complexity index is 877. The average Bonchev–Trinajstić information content (AvgIpc) is 2.73. The molecule has 0 heterocycles. The van der Waals surface area contributed by atoms with Gasteiger partial charge in [0.25, 0.3) is 0 Å². The van der Waals surface area contributed by atoms with E-state index < -0.39 is 0 Å². The van der Waals surface area contributed by atoms with Crippen LogP contribution in [0, 0.1) is 0 Å². The van der Waals surface area contributed by atoms with E-state index in [-0.39, 0.29) is 11.9 Å². The molecule has 0 aliphatic rings. The van der Waals surface area contributed by atoms with Crippen molar-refractivity contribution in [3.05, 3.63) is 102 Å². The zero-order valence-corrected chi connectivity index (χ0v) is 16.5. The quantitative estimate of drug-likeness (QED) is 0.562. The number of benzene rings is 3. The molecule has 0 saturated carbocycles. The molecular formula is C25H27NO2. The molecule has 3 aromatic carbocycles. The highest BCUT2D eigenvalue weighted by Gasteiger charge is 2.22. The molecule has 0 bridgehead atoms. The molecule has 1 unspecified atom stereocenters. The molecule has 3 nitrogen and oxygen atoms in total. The zero-order chi connectivity index (χ0) is 19.8. The Labute approximate surface area is 167 Å². The van der Waals surface area contributed by atoms with Crippen LogP contribution in [0.2, 0.25) is 0 Å². The lowest BCUT2D eigenvalue weighted by Gasteiger charge is -2.30. The molecule has 0 spiro atoms. The predicted octanol–water partition coefficient (Wildman–Crippen LogP) is 4.90. The fourth-order valence-electron chi connectivity index (χ4n) is 3.44. The van der Waals surface area contributed by atoms with E-state index in [9.17, 15) is 4.79 Å². The van der Waals surface area contributed by atoms with Crippen LogP contribution in [0.15, 0.2) is 84.9 Å². The SMILES string of the molecule is COc1ccccc1CC(C)N(Cc1ccccc1)C(=O)Cc1ccccc1. The number of hydrogen-bond donors (Lipinski definition) is 0. The van der Waals surface area contributed by atoms with E-state index >= 15 is 0 Å². The van der Waals surface area contributed by atoms with Crippen molar-refractivity contribution >= 4 is 5.91 Å². The number of ether oxygens (including phenoxy) is 1. The first kappa shape index (κ1) is 19.7. The summed E-state index contributed by atoms with van der Waals surface area (Å²) >= 11 is 0. The van der Waals surface area contributed by atoms with Gasteiger partial charge in [0.2, 0.25) is 5.91 Å². The minimum atomic E-state index is 0.0488. The maximum atomic E-state index is 13.2. The van der Waals surface area contributed by atoms with E-state index in [2.05, 4.69) is 25.1 Å². The Morgan fingerprint density at radius 2 is 1.43 bits per heavy atom. The van der Waals surface area contributed by atoms with E-state index in [4.69, 9.17) is 4.74 Å². The number of carbonyl (C=O) groups is 1. The molecule has 28 heavy (non-hydrogen) atoms. The molecule has 3 rings (SSSR count). The van der Waals surface area contributed by atoms with Gasteiger partial charge in [0.1, 0.15) is 5.75 Å². The first-order chi connectivity index (χ1) is 13.7. The molecule has 3 heteroatoms. The molecule has 1 amide bonds. The minimum Gasteiger partial charge on any atom is -0.496 e. The van der Waals surface area contributed by atoms with Gasteiger partial charge in [-0.1, -0.05) is 78.9 Å². The second-order valence-corrected chi connectivity index (χ2v) is 7.03. The monoisotopic (exact) mass is 373 g/mol. The van der Waals surface area contributed by atoms with Crippen LogP contribution in [0.25, 0.3) is 0 Å². The first-order valence-electron chi connectivity index (χ1n) is 9.66. The number of carbonyl (C=O) groups excluding carboxylic acids is 1. The van der Waals surface area contributed by atoms with E-state index in [0.29, 0.717) is 13.0 Å². The Morgan fingerprint density at radius 3 is 2.07 bits per heavy atom. The van der Waals surface area contributed by atoms with Crippen LogP contribution in [0.4, 0.5) is 0 Å². The highest BCUT2D eigenvalue weighted by atomic mass is 16.5. The lowest BCUT2D eigenvalue weighted by molar-refractivity contribution is -0.133. The number of rotatable bonds is 8. The van der Waals surface area contributed by atoms with Gasteiger partial charge < -0.3 is 9.64 Å². The fourth-order valence-corrected chi connectivity index (χ4v) is 3.44.